The van der Waals surface area contributed by atoms with E-state index in [1.54, 1.807) is 0 Å². The maximum Gasteiger partial charge on any atom is 0.114 e. The molecule has 0 saturated carbocycles. The van der Waals surface area contributed by atoms with Crippen LogP contribution >= 0.6 is 11.3 Å². The Hall–Kier alpha value is -1.80. The van der Waals surface area contributed by atoms with E-state index < -0.39 is 0 Å². The van der Waals surface area contributed by atoms with Crippen molar-refractivity contribution in [2.24, 2.45) is 0 Å². The highest BCUT2D eigenvalue weighted by Crippen LogP contribution is 2.37. The highest BCUT2D eigenvalue weighted by Gasteiger charge is 2.09. The second kappa shape index (κ2) is 3.60. The first-order valence-corrected chi connectivity index (χ1v) is 6.75. The average molecular weight is 244 g/mol. The van der Waals surface area contributed by atoms with Gasteiger partial charge in [-0.1, -0.05) is 54.0 Å². The van der Waals surface area contributed by atoms with Crippen molar-refractivity contribution < 1.29 is 0 Å². The van der Waals surface area contributed by atoms with Crippen LogP contribution in [0.1, 0.15) is 0 Å². The van der Waals surface area contributed by atoms with Crippen molar-refractivity contribution in [3.05, 3.63) is 54.6 Å². The van der Waals surface area contributed by atoms with Gasteiger partial charge in [0.2, 0.25) is 0 Å². The fourth-order valence-corrected chi connectivity index (χ4v) is 3.79. The molecular formula is C16H9BS. The minimum Gasteiger partial charge on any atom is -0.135 e. The normalized spacial score (nSPS) is 11.6. The van der Waals surface area contributed by atoms with Gasteiger partial charge in [0, 0.05) is 20.2 Å². The lowest BCUT2D eigenvalue weighted by Crippen LogP contribution is -2.02. The molecule has 4 rings (SSSR count). The number of hydrogen-bond donors (Lipinski definition) is 0. The molecule has 3 aromatic carbocycles. The van der Waals surface area contributed by atoms with Gasteiger partial charge in [-0.15, -0.1) is 11.3 Å². The van der Waals surface area contributed by atoms with Crippen molar-refractivity contribution in [2.75, 3.05) is 0 Å². The Bertz CT molecular complexity index is 889. The molecule has 0 spiro atoms. The average Bonchev–Trinajstić information content (AvgIpc) is 2.77. The quantitative estimate of drug-likeness (QED) is 0.410. The summed E-state index contributed by atoms with van der Waals surface area (Å²) in [6.07, 6.45) is 0. The summed E-state index contributed by atoms with van der Waals surface area (Å²) >= 11 is 1.81. The molecule has 18 heavy (non-hydrogen) atoms. The molecule has 0 N–H and O–H groups in total. The molecule has 1 heterocycles. The monoisotopic (exact) mass is 244 g/mol. The minimum atomic E-state index is 0.865. The lowest BCUT2D eigenvalue weighted by atomic mass is 9.88. The second-order valence-corrected chi connectivity index (χ2v) is 5.57. The van der Waals surface area contributed by atoms with E-state index in [1.165, 1.54) is 25.6 Å². The zero-order chi connectivity index (χ0) is 12.1. The smallest absolute Gasteiger partial charge is 0.114 e. The molecule has 2 radical (unpaired) electrons. The van der Waals surface area contributed by atoms with Crippen molar-refractivity contribution >= 4 is 55.6 Å². The molecule has 0 saturated heterocycles. The summed E-state index contributed by atoms with van der Waals surface area (Å²) in [6, 6.07) is 19.0. The molecule has 4 aromatic rings. The molecule has 2 heteroatoms. The zero-order valence-corrected chi connectivity index (χ0v) is 10.5. The fourth-order valence-electron chi connectivity index (χ4n) is 2.62. The summed E-state index contributed by atoms with van der Waals surface area (Å²) in [5.41, 5.74) is 0.865. The van der Waals surface area contributed by atoms with E-state index in [0.717, 1.165) is 10.8 Å². The number of benzene rings is 3. The van der Waals surface area contributed by atoms with Crippen LogP contribution in [0.4, 0.5) is 0 Å². The van der Waals surface area contributed by atoms with Gasteiger partial charge in [-0.2, -0.15) is 0 Å². The summed E-state index contributed by atoms with van der Waals surface area (Å²) in [7, 11) is 6.15. The van der Waals surface area contributed by atoms with Gasteiger partial charge >= 0.3 is 0 Å². The van der Waals surface area contributed by atoms with Crippen molar-refractivity contribution in [2.45, 2.75) is 0 Å². The van der Waals surface area contributed by atoms with Gasteiger partial charge < -0.3 is 0 Å². The molecule has 1 aromatic heterocycles. The van der Waals surface area contributed by atoms with Crippen LogP contribution in [0.15, 0.2) is 54.6 Å². The highest BCUT2D eigenvalue weighted by atomic mass is 32.1. The van der Waals surface area contributed by atoms with Gasteiger partial charge in [0.1, 0.15) is 7.85 Å². The third-order valence-electron chi connectivity index (χ3n) is 3.42. The molecular weight excluding hydrogens is 235 g/mol. The van der Waals surface area contributed by atoms with E-state index in [0.29, 0.717) is 0 Å². The zero-order valence-electron chi connectivity index (χ0n) is 9.68. The van der Waals surface area contributed by atoms with E-state index in [-0.39, 0.29) is 0 Å². The molecule has 0 aliphatic carbocycles. The Balaban J connectivity index is 2.39. The van der Waals surface area contributed by atoms with Gasteiger partial charge in [0.25, 0.3) is 0 Å². The molecule has 0 bridgehead atoms. The van der Waals surface area contributed by atoms with Gasteiger partial charge in [0.05, 0.1) is 0 Å². The Labute approximate surface area is 110 Å². The molecule has 0 amide bonds. The van der Waals surface area contributed by atoms with Crippen LogP contribution in [-0.4, -0.2) is 7.85 Å². The summed E-state index contributed by atoms with van der Waals surface area (Å²) in [4.78, 5) is 0. The lowest BCUT2D eigenvalue weighted by molar-refractivity contribution is 1.83. The van der Waals surface area contributed by atoms with E-state index in [4.69, 9.17) is 7.85 Å². The standard InChI is InChI=1S/C16H9BS/c17-13-9-15-16(11-6-2-1-5-10(11)13)12-7-3-4-8-14(12)18-15/h1-9H. The van der Waals surface area contributed by atoms with Crippen LogP contribution in [0.3, 0.4) is 0 Å². The summed E-state index contributed by atoms with van der Waals surface area (Å²) in [5.74, 6) is 0. The van der Waals surface area contributed by atoms with Gasteiger partial charge in [0.15, 0.2) is 0 Å². The summed E-state index contributed by atoms with van der Waals surface area (Å²) < 4.78 is 2.59. The minimum absolute atomic E-state index is 0.865. The van der Waals surface area contributed by atoms with Crippen LogP contribution in [0.25, 0.3) is 30.9 Å². The van der Waals surface area contributed by atoms with Crippen molar-refractivity contribution in [1.82, 2.24) is 0 Å². The number of rotatable bonds is 0. The summed E-state index contributed by atoms with van der Waals surface area (Å²) in [6.45, 7) is 0. The number of fused-ring (bicyclic) bond motifs is 5. The van der Waals surface area contributed by atoms with Gasteiger partial charge in [-0.25, -0.2) is 0 Å². The second-order valence-electron chi connectivity index (χ2n) is 4.48. The molecule has 82 valence electrons. The number of thiophene rings is 1. The van der Waals surface area contributed by atoms with Crippen molar-refractivity contribution in [1.29, 1.82) is 0 Å². The fraction of sp³-hybridized carbons (Fsp3) is 0. The first kappa shape index (κ1) is 10.2. The largest absolute Gasteiger partial charge is 0.135 e. The predicted octanol–water partition coefficient (Wildman–Crippen LogP) is 4.00. The third kappa shape index (κ3) is 1.27. The highest BCUT2D eigenvalue weighted by molar-refractivity contribution is 7.26. The first-order valence-electron chi connectivity index (χ1n) is 5.93. The summed E-state index contributed by atoms with van der Waals surface area (Å²) in [5, 5.41) is 5.06. The first-order chi connectivity index (χ1) is 8.84. The Morgan fingerprint density at radius 2 is 1.39 bits per heavy atom. The molecule has 0 aliphatic rings. The Morgan fingerprint density at radius 3 is 2.22 bits per heavy atom. The van der Waals surface area contributed by atoms with E-state index in [9.17, 15) is 0 Å². The van der Waals surface area contributed by atoms with Gasteiger partial charge in [-0.05, 0) is 16.8 Å². The molecule has 0 aliphatic heterocycles. The van der Waals surface area contributed by atoms with Crippen molar-refractivity contribution in [3.8, 4) is 0 Å². The van der Waals surface area contributed by atoms with Crippen LogP contribution in [0, 0.1) is 0 Å². The predicted molar refractivity (Wildman–Crippen MR) is 82.2 cm³/mol. The van der Waals surface area contributed by atoms with E-state index >= 15 is 0 Å². The molecule has 0 atom stereocenters. The van der Waals surface area contributed by atoms with Crippen LogP contribution in [0.5, 0.6) is 0 Å². The third-order valence-corrected chi connectivity index (χ3v) is 4.53. The number of hydrogen-bond acceptors (Lipinski definition) is 1. The van der Waals surface area contributed by atoms with Crippen LogP contribution < -0.4 is 5.46 Å². The maximum atomic E-state index is 6.15. The van der Waals surface area contributed by atoms with Gasteiger partial charge in [-0.3, -0.25) is 0 Å². The molecule has 0 unspecified atom stereocenters. The van der Waals surface area contributed by atoms with Crippen LogP contribution in [0.2, 0.25) is 0 Å². The maximum absolute atomic E-state index is 6.15. The van der Waals surface area contributed by atoms with Crippen LogP contribution in [-0.2, 0) is 0 Å². The topological polar surface area (TPSA) is 0 Å². The Morgan fingerprint density at radius 1 is 0.722 bits per heavy atom. The molecule has 0 fully saturated rings. The lowest BCUT2D eigenvalue weighted by Gasteiger charge is -2.04. The Kier molecular flexibility index (Phi) is 2.03. The SMILES string of the molecule is [B]c1cc2sc3ccccc3c2c2ccccc12. The van der Waals surface area contributed by atoms with E-state index in [1.807, 2.05) is 17.4 Å². The molecule has 0 nitrogen and oxygen atoms in total. The van der Waals surface area contributed by atoms with E-state index in [2.05, 4.69) is 48.5 Å². The van der Waals surface area contributed by atoms with Crippen molar-refractivity contribution in [3.63, 3.8) is 0 Å².